The van der Waals surface area contributed by atoms with Gasteiger partial charge in [-0.25, -0.2) is 19.0 Å². The Hall–Kier alpha value is -0.880. The van der Waals surface area contributed by atoms with Crippen molar-refractivity contribution in [3.8, 4) is 0 Å². The van der Waals surface area contributed by atoms with Gasteiger partial charge in [0.05, 0.1) is 52.4 Å². The van der Waals surface area contributed by atoms with Gasteiger partial charge in [-0.15, -0.1) is 0 Å². The molecule has 0 aromatic carbocycles. The lowest BCUT2D eigenvalue weighted by Gasteiger charge is -2.43. The molecule has 0 radical (unpaired) electrons. The first-order chi connectivity index (χ1) is 11.7. The summed E-state index contributed by atoms with van der Waals surface area (Å²) in [5.41, 5.74) is 0. The number of guanidine groups is 2. The highest BCUT2D eigenvalue weighted by molar-refractivity contribution is 5.79. The molecule has 0 atom stereocenters. The summed E-state index contributed by atoms with van der Waals surface area (Å²) in [6, 6.07) is 0. The summed E-state index contributed by atoms with van der Waals surface area (Å²) >= 11 is 0. The van der Waals surface area contributed by atoms with Crippen LogP contribution in [0.5, 0.6) is 0 Å². The van der Waals surface area contributed by atoms with Crippen LogP contribution < -0.4 is 24.8 Å². The molecule has 0 unspecified atom stereocenters. The highest BCUT2D eigenvalue weighted by Crippen LogP contribution is 2.20. The summed E-state index contributed by atoms with van der Waals surface area (Å²) in [4.78, 5) is 9.70. The number of hydrogen-bond donors (Lipinski definition) is 0. The Morgan fingerprint density at radius 1 is 0.625 bits per heavy atom. The zero-order valence-corrected chi connectivity index (χ0v) is 15.6. The average molecular weight is 377 g/mol. The fourth-order valence-corrected chi connectivity index (χ4v) is 4.66. The molecule has 2 saturated heterocycles. The van der Waals surface area contributed by atoms with E-state index in [2.05, 4.69) is 28.8 Å². The van der Waals surface area contributed by atoms with Crippen molar-refractivity contribution in [1.29, 1.82) is 0 Å². The zero-order chi connectivity index (χ0) is 16.3. The van der Waals surface area contributed by atoms with Crippen molar-refractivity contribution in [2.24, 2.45) is 0 Å². The van der Waals surface area contributed by atoms with Crippen LogP contribution in [0.2, 0.25) is 0 Å². The topological polar surface area (TPSA) is 19.0 Å². The Morgan fingerprint density at radius 3 is 1.54 bits per heavy atom. The SMILES string of the molecule is [2H]C1([2H])[N+]2=C3N(CCCN3CN3CCCN4CCC[N+]1=C43)CCC2.[Cl-].[Cl-]. The third-order valence-electron chi connectivity index (χ3n) is 5.53. The molecule has 0 N–H and O–H groups in total. The molecule has 136 valence electrons. The van der Waals surface area contributed by atoms with Gasteiger partial charge in [-0.05, 0) is 0 Å². The van der Waals surface area contributed by atoms with Gasteiger partial charge in [0.25, 0.3) is 0 Å². The summed E-state index contributed by atoms with van der Waals surface area (Å²) in [6.45, 7) is 7.46. The van der Waals surface area contributed by atoms with Crippen molar-refractivity contribution in [2.45, 2.75) is 25.7 Å². The maximum Gasteiger partial charge on any atom is 0.355 e. The lowest BCUT2D eigenvalue weighted by Crippen LogP contribution is -3.00. The summed E-state index contributed by atoms with van der Waals surface area (Å²) < 4.78 is 22.2. The molecule has 0 aliphatic carbocycles. The van der Waals surface area contributed by atoms with Crippen molar-refractivity contribution in [1.82, 2.24) is 19.6 Å². The first kappa shape index (κ1) is 15.4. The first-order valence-electron chi connectivity index (χ1n) is 9.95. The van der Waals surface area contributed by atoms with Gasteiger partial charge in [-0.3, -0.25) is 9.80 Å². The third-order valence-corrected chi connectivity index (χ3v) is 5.53. The smallest absolute Gasteiger partial charge is 0.355 e. The quantitative estimate of drug-likeness (QED) is 0.391. The van der Waals surface area contributed by atoms with E-state index in [4.69, 9.17) is 2.74 Å². The van der Waals surface area contributed by atoms with Gasteiger partial charge in [0.2, 0.25) is 0 Å². The molecule has 0 amide bonds. The standard InChI is InChI=1S/C16H28N6.2ClH/c1-5-17-6-2-10-21-14-22-12-4-8-18-7-3-11-20(16(18)22)13-19(9-1)15(17)21;;/h1-14H2;2*1H/q+2;;/p-2/i13D2;;. The van der Waals surface area contributed by atoms with Crippen molar-refractivity contribution >= 4 is 11.9 Å². The van der Waals surface area contributed by atoms with E-state index in [0.29, 0.717) is 0 Å². The molecule has 5 aliphatic heterocycles. The van der Waals surface area contributed by atoms with E-state index in [1.165, 1.54) is 12.8 Å². The van der Waals surface area contributed by atoms with Crippen molar-refractivity contribution in [3.05, 3.63) is 0 Å². The molecular weight excluding hydrogens is 347 g/mol. The van der Waals surface area contributed by atoms with E-state index in [1.807, 2.05) is 0 Å². The molecule has 5 rings (SSSR count). The predicted molar refractivity (Wildman–Crippen MR) is 85.0 cm³/mol. The maximum atomic E-state index is 9.04. The van der Waals surface area contributed by atoms with E-state index in [9.17, 15) is 0 Å². The van der Waals surface area contributed by atoms with Gasteiger partial charge < -0.3 is 24.8 Å². The molecule has 8 heteroatoms. The van der Waals surface area contributed by atoms with Crippen LogP contribution in [0.1, 0.15) is 28.4 Å². The summed E-state index contributed by atoms with van der Waals surface area (Å²) in [6.07, 6.45) is 4.45. The second kappa shape index (κ2) is 7.16. The molecule has 24 heavy (non-hydrogen) atoms. The van der Waals surface area contributed by atoms with Gasteiger partial charge in [0.15, 0.2) is 13.3 Å². The molecule has 0 bridgehead atoms. The summed E-state index contributed by atoms with van der Waals surface area (Å²) in [7, 11) is 0. The zero-order valence-electron chi connectivity index (χ0n) is 16.1. The van der Waals surface area contributed by atoms with Crippen LogP contribution in [0, 0.1) is 0 Å². The van der Waals surface area contributed by atoms with Gasteiger partial charge in [0, 0.05) is 25.7 Å². The van der Waals surface area contributed by atoms with Gasteiger partial charge in [0.1, 0.15) is 2.74 Å². The van der Waals surface area contributed by atoms with Crippen LogP contribution >= 0.6 is 0 Å². The fraction of sp³-hybridized carbons (Fsp3) is 0.875. The number of hydrogen-bond acceptors (Lipinski definition) is 4. The van der Waals surface area contributed by atoms with E-state index < -0.39 is 6.62 Å². The van der Waals surface area contributed by atoms with Crippen molar-refractivity contribution in [2.75, 3.05) is 65.6 Å². The Balaban J connectivity index is 0.000000980. The molecule has 2 fully saturated rings. The van der Waals surface area contributed by atoms with Crippen LogP contribution in [0.3, 0.4) is 0 Å². The Kier molecular flexibility index (Phi) is 4.59. The highest BCUT2D eigenvalue weighted by Gasteiger charge is 2.44. The van der Waals surface area contributed by atoms with E-state index >= 15 is 0 Å². The largest absolute Gasteiger partial charge is 1.00 e. The van der Waals surface area contributed by atoms with Crippen molar-refractivity contribution in [3.63, 3.8) is 0 Å². The molecular formula is C16H28Cl2N6. The normalized spacial score (nSPS) is 29.3. The number of halogens is 2. The van der Waals surface area contributed by atoms with Gasteiger partial charge in [-0.1, -0.05) is 0 Å². The van der Waals surface area contributed by atoms with E-state index in [-0.39, 0.29) is 24.8 Å². The second-order valence-electron chi connectivity index (χ2n) is 7.06. The molecule has 0 saturated carbocycles. The minimum absolute atomic E-state index is 0. The Bertz CT molecular complexity index is 576. The maximum absolute atomic E-state index is 9.04. The van der Waals surface area contributed by atoms with Gasteiger partial charge >= 0.3 is 11.9 Å². The predicted octanol–water partition coefficient (Wildman–Crippen LogP) is -6.52. The summed E-state index contributed by atoms with van der Waals surface area (Å²) in [5.74, 6) is 2.28. The average Bonchev–Trinajstić information content (AvgIpc) is 2.60. The van der Waals surface area contributed by atoms with E-state index in [0.717, 1.165) is 83.8 Å². The molecule has 0 aromatic heterocycles. The van der Waals surface area contributed by atoms with Crippen LogP contribution in [0.4, 0.5) is 0 Å². The monoisotopic (exact) mass is 376 g/mol. The van der Waals surface area contributed by atoms with E-state index in [1.54, 1.807) is 0 Å². The minimum Gasteiger partial charge on any atom is -1.00 e. The Morgan fingerprint density at radius 2 is 1.04 bits per heavy atom. The number of nitrogens with zero attached hydrogens (tertiary/aromatic N) is 6. The number of rotatable bonds is 0. The summed E-state index contributed by atoms with van der Waals surface area (Å²) in [5, 5.41) is 0. The second-order valence-corrected chi connectivity index (χ2v) is 7.06. The lowest BCUT2D eigenvalue weighted by atomic mass is 10.2. The molecule has 5 heterocycles. The minimum atomic E-state index is -1.45. The van der Waals surface area contributed by atoms with Crippen LogP contribution in [0.15, 0.2) is 0 Å². The third kappa shape index (κ3) is 2.81. The first-order valence-corrected chi connectivity index (χ1v) is 8.95. The van der Waals surface area contributed by atoms with Crippen LogP contribution in [-0.2, 0) is 0 Å². The lowest BCUT2D eigenvalue weighted by molar-refractivity contribution is -0.741. The molecule has 5 aliphatic rings. The molecule has 0 spiro atoms. The van der Waals surface area contributed by atoms with Crippen LogP contribution in [0.25, 0.3) is 0 Å². The van der Waals surface area contributed by atoms with Gasteiger partial charge in [-0.2, -0.15) is 0 Å². The molecule has 0 aromatic rings. The fourth-order valence-electron chi connectivity index (χ4n) is 4.66. The highest BCUT2D eigenvalue weighted by atomic mass is 35.5. The van der Waals surface area contributed by atoms with Crippen LogP contribution in [-0.4, -0.2) is 106 Å². The van der Waals surface area contributed by atoms with Crippen molar-refractivity contribution < 1.29 is 36.7 Å². The Labute approximate surface area is 160 Å². The molecule has 6 nitrogen and oxygen atoms in total.